The van der Waals surface area contributed by atoms with Crippen molar-refractivity contribution in [3.63, 3.8) is 0 Å². The first-order chi connectivity index (χ1) is 12.4. The molecule has 1 amide bonds. The number of allylic oxidation sites excluding steroid dienone is 1. The first kappa shape index (κ1) is 17.9. The zero-order chi connectivity index (χ0) is 18.8. The molecule has 1 aliphatic heterocycles. The molecule has 0 atom stereocenters. The number of phenols is 1. The molecule has 0 spiro atoms. The number of hydrogen-bond acceptors (Lipinski definition) is 4. The van der Waals surface area contributed by atoms with E-state index in [4.69, 9.17) is 4.74 Å². The van der Waals surface area contributed by atoms with Crippen LogP contribution in [0.3, 0.4) is 0 Å². The Morgan fingerprint density at radius 2 is 1.88 bits per heavy atom. The van der Waals surface area contributed by atoms with Crippen molar-refractivity contribution in [1.82, 2.24) is 0 Å². The lowest BCUT2D eigenvalue weighted by atomic mass is 10.0. The third-order valence-electron chi connectivity index (χ3n) is 4.06. The van der Waals surface area contributed by atoms with Gasteiger partial charge >= 0.3 is 5.97 Å². The fourth-order valence-electron chi connectivity index (χ4n) is 2.86. The van der Waals surface area contributed by atoms with Crippen LogP contribution in [0.15, 0.2) is 69.8 Å². The molecule has 1 heterocycles. The molecule has 5 nitrogen and oxygen atoms in total. The minimum absolute atomic E-state index is 0.0786. The summed E-state index contributed by atoms with van der Waals surface area (Å²) in [5.74, 6) is -0.828. The molecule has 0 aromatic heterocycles. The lowest BCUT2D eigenvalue weighted by Gasteiger charge is -2.18. The number of ether oxygens (including phenoxy) is 1. The van der Waals surface area contributed by atoms with E-state index in [2.05, 4.69) is 15.9 Å². The Morgan fingerprint density at radius 3 is 2.50 bits per heavy atom. The van der Waals surface area contributed by atoms with Crippen LogP contribution in [-0.4, -0.2) is 24.1 Å². The molecule has 0 unspecified atom stereocenters. The van der Waals surface area contributed by atoms with E-state index >= 15 is 0 Å². The molecular weight excluding hydrogens is 398 g/mol. The highest BCUT2D eigenvalue weighted by Gasteiger charge is 2.37. The van der Waals surface area contributed by atoms with Gasteiger partial charge in [0.1, 0.15) is 5.75 Å². The van der Waals surface area contributed by atoms with Crippen molar-refractivity contribution >= 4 is 39.6 Å². The standard InChI is InChI=1S/C20H16BrNO4/c1-12-18(20(25)26-2)17(11-13-4-3-5-16(23)10-13)19(24)22(12)15-8-6-14(21)7-9-15/h3-11,23H,1-2H3/b17-11-. The second-order valence-electron chi connectivity index (χ2n) is 5.72. The number of nitrogens with zero attached hydrogens (tertiary/aromatic N) is 1. The molecule has 3 rings (SSSR count). The number of aromatic hydroxyl groups is 1. The Morgan fingerprint density at radius 1 is 1.19 bits per heavy atom. The van der Waals surface area contributed by atoms with Crippen LogP contribution in [0.2, 0.25) is 0 Å². The van der Waals surface area contributed by atoms with E-state index in [1.807, 2.05) is 12.1 Å². The molecule has 1 aliphatic rings. The molecule has 2 aromatic rings. The summed E-state index contributed by atoms with van der Waals surface area (Å²) in [5, 5.41) is 9.65. The summed E-state index contributed by atoms with van der Waals surface area (Å²) < 4.78 is 5.76. The first-order valence-electron chi connectivity index (χ1n) is 7.82. The molecule has 0 saturated carbocycles. The van der Waals surface area contributed by atoms with Gasteiger partial charge in [-0.05, 0) is 55.0 Å². The highest BCUT2D eigenvalue weighted by atomic mass is 79.9. The normalized spacial score (nSPS) is 15.7. The van der Waals surface area contributed by atoms with Crippen LogP contribution >= 0.6 is 15.9 Å². The van der Waals surface area contributed by atoms with E-state index in [1.54, 1.807) is 37.3 Å². The summed E-state index contributed by atoms with van der Waals surface area (Å²) in [6.07, 6.45) is 1.58. The van der Waals surface area contributed by atoms with Gasteiger partial charge in [0.2, 0.25) is 0 Å². The predicted molar refractivity (Wildman–Crippen MR) is 102 cm³/mol. The number of halogens is 1. The Bertz CT molecular complexity index is 945. The average Bonchev–Trinajstić information content (AvgIpc) is 2.86. The molecular formula is C20H16BrNO4. The maximum absolute atomic E-state index is 13.1. The number of hydrogen-bond donors (Lipinski definition) is 1. The second kappa shape index (κ2) is 7.17. The fraction of sp³-hybridized carbons (Fsp3) is 0.100. The lowest BCUT2D eigenvalue weighted by molar-refractivity contribution is -0.136. The summed E-state index contributed by atoms with van der Waals surface area (Å²) in [6, 6.07) is 13.7. The molecule has 1 N–H and O–H groups in total. The van der Waals surface area contributed by atoms with Crippen LogP contribution in [0.4, 0.5) is 5.69 Å². The van der Waals surface area contributed by atoms with E-state index < -0.39 is 5.97 Å². The molecule has 0 bridgehead atoms. The monoisotopic (exact) mass is 413 g/mol. The van der Waals surface area contributed by atoms with Crippen molar-refractivity contribution in [2.75, 3.05) is 12.0 Å². The minimum Gasteiger partial charge on any atom is -0.508 e. The molecule has 0 aliphatic carbocycles. The summed E-state index contributed by atoms with van der Waals surface area (Å²) in [6.45, 7) is 1.70. The average molecular weight is 414 g/mol. The maximum Gasteiger partial charge on any atom is 0.340 e. The molecule has 132 valence electrons. The summed E-state index contributed by atoms with van der Waals surface area (Å²) >= 11 is 3.37. The van der Waals surface area contributed by atoms with E-state index in [0.29, 0.717) is 16.9 Å². The van der Waals surface area contributed by atoms with E-state index in [-0.39, 0.29) is 22.8 Å². The number of methoxy groups -OCH3 is 1. The second-order valence-corrected chi connectivity index (χ2v) is 6.64. The summed E-state index contributed by atoms with van der Waals surface area (Å²) in [4.78, 5) is 26.8. The van der Waals surface area contributed by atoms with Crippen molar-refractivity contribution in [3.05, 3.63) is 75.4 Å². The largest absolute Gasteiger partial charge is 0.508 e. The van der Waals surface area contributed by atoms with Crippen LogP contribution in [0, 0.1) is 0 Å². The topological polar surface area (TPSA) is 66.8 Å². The van der Waals surface area contributed by atoms with Gasteiger partial charge in [-0.2, -0.15) is 0 Å². The summed E-state index contributed by atoms with van der Waals surface area (Å²) in [5.41, 5.74) is 2.19. The summed E-state index contributed by atoms with van der Waals surface area (Å²) in [7, 11) is 1.28. The van der Waals surface area contributed by atoms with Gasteiger partial charge in [-0.15, -0.1) is 0 Å². The van der Waals surface area contributed by atoms with Crippen molar-refractivity contribution in [2.24, 2.45) is 0 Å². The van der Waals surface area contributed by atoms with Gasteiger partial charge in [0.25, 0.3) is 5.91 Å². The SMILES string of the molecule is COC(=O)C1=C(C)N(c2ccc(Br)cc2)C(=O)/C1=C\c1cccc(O)c1. The minimum atomic E-state index is -0.582. The number of carbonyl (C=O) groups is 2. The molecule has 0 radical (unpaired) electrons. The molecule has 26 heavy (non-hydrogen) atoms. The smallest absolute Gasteiger partial charge is 0.340 e. The van der Waals surface area contributed by atoms with Crippen molar-refractivity contribution in [2.45, 2.75) is 6.92 Å². The number of benzene rings is 2. The highest BCUT2D eigenvalue weighted by Crippen LogP contribution is 2.36. The van der Waals surface area contributed by atoms with Gasteiger partial charge in [-0.3, -0.25) is 9.69 Å². The zero-order valence-corrected chi connectivity index (χ0v) is 15.8. The van der Waals surface area contributed by atoms with Gasteiger partial charge in [-0.25, -0.2) is 4.79 Å². The number of carbonyl (C=O) groups excluding carboxylic acids is 2. The first-order valence-corrected chi connectivity index (χ1v) is 8.62. The van der Waals surface area contributed by atoms with Gasteiger partial charge in [0.15, 0.2) is 0 Å². The Balaban J connectivity index is 2.13. The van der Waals surface area contributed by atoms with E-state index in [9.17, 15) is 14.7 Å². The Kier molecular flexibility index (Phi) is 4.95. The number of esters is 1. The highest BCUT2D eigenvalue weighted by molar-refractivity contribution is 9.10. The van der Waals surface area contributed by atoms with Gasteiger partial charge in [0.05, 0.1) is 18.3 Å². The molecule has 6 heteroatoms. The van der Waals surface area contributed by atoms with Gasteiger partial charge < -0.3 is 9.84 Å². The Hall–Kier alpha value is -2.86. The maximum atomic E-state index is 13.1. The van der Waals surface area contributed by atoms with E-state index in [0.717, 1.165) is 4.47 Å². The third kappa shape index (κ3) is 3.28. The van der Waals surface area contributed by atoms with Crippen LogP contribution in [-0.2, 0) is 14.3 Å². The van der Waals surface area contributed by atoms with Gasteiger partial charge in [-0.1, -0.05) is 28.1 Å². The van der Waals surface area contributed by atoms with Crippen molar-refractivity contribution < 1.29 is 19.4 Å². The zero-order valence-electron chi connectivity index (χ0n) is 14.2. The number of phenolic OH excluding ortho intramolecular Hbond substituents is 1. The quantitative estimate of drug-likeness (QED) is 0.609. The number of anilines is 1. The number of amides is 1. The Labute approximate surface area is 159 Å². The van der Waals surface area contributed by atoms with Gasteiger partial charge in [0, 0.05) is 15.9 Å². The fourth-order valence-corrected chi connectivity index (χ4v) is 3.13. The van der Waals surface area contributed by atoms with E-state index in [1.165, 1.54) is 24.1 Å². The predicted octanol–water partition coefficient (Wildman–Crippen LogP) is 4.03. The molecule has 2 aromatic carbocycles. The van der Waals surface area contributed by atoms with Crippen molar-refractivity contribution in [1.29, 1.82) is 0 Å². The lowest BCUT2D eigenvalue weighted by Crippen LogP contribution is -2.24. The molecule has 0 fully saturated rings. The van der Waals surface area contributed by atoms with Crippen LogP contribution in [0.5, 0.6) is 5.75 Å². The van der Waals surface area contributed by atoms with Crippen LogP contribution in [0.1, 0.15) is 12.5 Å². The van der Waals surface area contributed by atoms with Crippen LogP contribution in [0.25, 0.3) is 6.08 Å². The third-order valence-corrected chi connectivity index (χ3v) is 4.58. The van der Waals surface area contributed by atoms with Crippen LogP contribution < -0.4 is 4.90 Å². The molecule has 0 saturated heterocycles. The number of rotatable bonds is 3. The van der Waals surface area contributed by atoms with Crippen molar-refractivity contribution in [3.8, 4) is 5.75 Å².